The zero-order valence-electron chi connectivity index (χ0n) is 14.5. The van der Waals surface area contributed by atoms with E-state index in [1.165, 1.54) is 23.1 Å². The molecule has 0 bridgehead atoms. The molecule has 0 aliphatic heterocycles. The molecule has 0 radical (unpaired) electrons. The van der Waals surface area contributed by atoms with Gasteiger partial charge < -0.3 is 9.64 Å². The van der Waals surface area contributed by atoms with Gasteiger partial charge in [-0.2, -0.15) is 5.10 Å². The third kappa shape index (κ3) is 4.74. The Balaban J connectivity index is 2.12. The molecule has 2 aromatic rings. The maximum atomic E-state index is 12.5. The summed E-state index contributed by atoms with van der Waals surface area (Å²) in [4.78, 5) is 13.8. The van der Waals surface area contributed by atoms with E-state index in [-0.39, 0.29) is 30.2 Å². The van der Waals surface area contributed by atoms with Crippen LogP contribution >= 0.6 is 0 Å². The Bertz CT molecular complexity index is 769. The van der Waals surface area contributed by atoms with Gasteiger partial charge in [-0.1, -0.05) is 18.2 Å². The molecular formula is C17H20F3N3O2. The molecule has 0 unspecified atom stereocenters. The molecule has 0 saturated carbocycles. The fourth-order valence-corrected chi connectivity index (χ4v) is 2.56. The molecule has 25 heavy (non-hydrogen) atoms. The number of carbonyl (C=O) groups excluding carboxylic acids is 1. The third-order valence-electron chi connectivity index (χ3n) is 4.02. The van der Waals surface area contributed by atoms with Gasteiger partial charge in [0.15, 0.2) is 0 Å². The minimum Gasteiger partial charge on any atom is -0.405 e. The molecule has 5 nitrogen and oxygen atoms in total. The van der Waals surface area contributed by atoms with Crippen LogP contribution in [-0.4, -0.2) is 34.0 Å². The summed E-state index contributed by atoms with van der Waals surface area (Å²) in [7, 11) is 3.35. The van der Waals surface area contributed by atoms with E-state index in [1.807, 2.05) is 13.8 Å². The molecule has 1 aromatic carbocycles. The van der Waals surface area contributed by atoms with E-state index in [2.05, 4.69) is 9.84 Å². The second kappa shape index (κ2) is 7.16. The number of alkyl halides is 3. The summed E-state index contributed by atoms with van der Waals surface area (Å²) in [5, 5.41) is 4.26. The summed E-state index contributed by atoms with van der Waals surface area (Å²) in [5.41, 5.74) is 2.78. The van der Waals surface area contributed by atoms with Crippen LogP contribution in [0.1, 0.15) is 22.5 Å². The maximum Gasteiger partial charge on any atom is 0.573 e. The lowest BCUT2D eigenvalue weighted by Gasteiger charge is -2.20. The highest BCUT2D eigenvalue weighted by atomic mass is 19.4. The second-order valence-electron chi connectivity index (χ2n) is 5.86. The number of aromatic nitrogens is 2. The number of hydrogen-bond acceptors (Lipinski definition) is 3. The van der Waals surface area contributed by atoms with Crippen LogP contribution in [0.2, 0.25) is 0 Å². The number of likely N-dealkylation sites (N-methyl/N-ethyl adjacent to an activating group) is 1. The lowest BCUT2D eigenvalue weighted by atomic mass is 10.1. The molecule has 0 saturated heterocycles. The van der Waals surface area contributed by atoms with Crippen LogP contribution in [0.15, 0.2) is 24.3 Å². The Morgan fingerprint density at radius 2 is 1.92 bits per heavy atom. The zero-order valence-corrected chi connectivity index (χ0v) is 14.5. The highest BCUT2D eigenvalue weighted by molar-refractivity contribution is 5.79. The Morgan fingerprint density at radius 1 is 1.28 bits per heavy atom. The first-order chi connectivity index (χ1) is 11.6. The van der Waals surface area contributed by atoms with Crippen molar-refractivity contribution in [3.05, 3.63) is 46.8 Å². The first-order valence-electron chi connectivity index (χ1n) is 7.65. The van der Waals surface area contributed by atoms with Crippen molar-refractivity contribution < 1.29 is 22.7 Å². The first kappa shape index (κ1) is 18.8. The van der Waals surface area contributed by atoms with E-state index in [0.29, 0.717) is 0 Å². The van der Waals surface area contributed by atoms with Crippen LogP contribution < -0.4 is 4.74 Å². The first-order valence-corrected chi connectivity index (χ1v) is 7.65. The van der Waals surface area contributed by atoms with Crippen LogP contribution in [0.5, 0.6) is 5.75 Å². The molecule has 8 heteroatoms. The van der Waals surface area contributed by atoms with E-state index in [9.17, 15) is 18.0 Å². The van der Waals surface area contributed by atoms with Crippen LogP contribution in [0, 0.1) is 13.8 Å². The fourth-order valence-electron chi connectivity index (χ4n) is 2.56. The lowest BCUT2D eigenvalue weighted by Crippen LogP contribution is -2.28. The summed E-state index contributed by atoms with van der Waals surface area (Å²) < 4.78 is 43.2. The largest absolute Gasteiger partial charge is 0.573 e. The second-order valence-corrected chi connectivity index (χ2v) is 5.86. The number of aryl methyl sites for hydroxylation is 2. The summed E-state index contributed by atoms with van der Waals surface area (Å²) >= 11 is 0. The summed E-state index contributed by atoms with van der Waals surface area (Å²) in [5.74, 6) is -0.510. The van der Waals surface area contributed by atoms with Gasteiger partial charge in [-0.3, -0.25) is 9.48 Å². The fraction of sp³-hybridized carbons (Fsp3) is 0.412. The third-order valence-corrected chi connectivity index (χ3v) is 4.02. The monoisotopic (exact) mass is 355 g/mol. The van der Waals surface area contributed by atoms with Crippen molar-refractivity contribution in [2.24, 2.45) is 7.05 Å². The van der Waals surface area contributed by atoms with Gasteiger partial charge in [0.25, 0.3) is 0 Å². The van der Waals surface area contributed by atoms with E-state index in [1.54, 1.807) is 24.8 Å². The van der Waals surface area contributed by atoms with Gasteiger partial charge in [0.1, 0.15) is 5.75 Å². The van der Waals surface area contributed by atoms with Crippen LogP contribution in [0.4, 0.5) is 13.2 Å². The summed E-state index contributed by atoms with van der Waals surface area (Å²) in [6.45, 7) is 3.71. The van der Waals surface area contributed by atoms with E-state index >= 15 is 0 Å². The normalized spacial score (nSPS) is 11.5. The molecule has 0 fully saturated rings. The molecule has 136 valence electrons. The molecule has 2 rings (SSSR count). The highest BCUT2D eigenvalue weighted by Crippen LogP contribution is 2.27. The average molecular weight is 355 g/mol. The molecule has 0 atom stereocenters. The Labute approximate surface area is 144 Å². The standard InChI is InChI=1S/C17H20F3N3O2/c1-11-14(12(2)23(4)21-11)9-16(24)22(3)10-13-7-5-6-8-15(13)25-17(18,19)20/h5-8H,9-10H2,1-4H3. The number of benzene rings is 1. The van der Waals surface area contributed by atoms with Crippen molar-refractivity contribution in [3.8, 4) is 5.75 Å². The van der Waals surface area contributed by atoms with Gasteiger partial charge in [-0.05, 0) is 19.9 Å². The zero-order chi connectivity index (χ0) is 18.8. The van der Waals surface area contributed by atoms with Crippen molar-refractivity contribution in [2.45, 2.75) is 33.2 Å². The number of amides is 1. The van der Waals surface area contributed by atoms with Crippen LogP contribution in [-0.2, 0) is 24.8 Å². The summed E-state index contributed by atoms with van der Waals surface area (Å²) in [6, 6.07) is 5.79. The van der Waals surface area contributed by atoms with E-state index in [4.69, 9.17) is 0 Å². The number of para-hydroxylation sites is 1. The number of ether oxygens (including phenoxy) is 1. The van der Waals surface area contributed by atoms with Crippen molar-refractivity contribution in [3.63, 3.8) is 0 Å². The molecule has 1 aromatic heterocycles. The predicted octanol–water partition coefficient (Wildman–Crippen LogP) is 3.14. The van der Waals surface area contributed by atoms with Crippen molar-refractivity contribution in [1.29, 1.82) is 0 Å². The minimum absolute atomic E-state index is 0.0173. The van der Waals surface area contributed by atoms with Gasteiger partial charge >= 0.3 is 6.36 Å². The van der Waals surface area contributed by atoms with Gasteiger partial charge in [-0.25, -0.2) is 0 Å². The molecule has 0 aliphatic rings. The van der Waals surface area contributed by atoms with E-state index in [0.717, 1.165) is 17.0 Å². The predicted molar refractivity (Wildman–Crippen MR) is 86.0 cm³/mol. The Kier molecular flexibility index (Phi) is 5.39. The SMILES string of the molecule is Cc1nn(C)c(C)c1CC(=O)N(C)Cc1ccccc1OC(F)(F)F. The summed E-state index contributed by atoms with van der Waals surface area (Å²) in [6.07, 6.45) is -4.63. The van der Waals surface area contributed by atoms with Gasteiger partial charge in [-0.15, -0.1) is 13.2 Å². The lowest BCUT2D eigenvalue weighted by molar-refractivity contribution is -0.275. The van der Waals surface area contributed by atoms with Crippen molar-refractivity contribution in [2.75, 3.05) is 7.05 Å². The van der Waals surface area contributed by atoms with Crippen LogP contribution in [0.3, 0.4) is 0 Å². The highest BCUT2D eigenvalue weighted by Gasteiger charge is 2.32. The van der Waals surface area contributed by atoms with Gasteiger partial charge in [0, 0.05) is 37.5 Å². The number of hydrogen-bond donors (Lipinski definition) is 0. The number of rotatable bonds is 5. The molecule has 0 aliphatic carbocycles. The number of halogens is 3. The topological polar surface area (TPSA) is 47.4 Å². The maximum absolute atomic E-state index is 12.5. The molecule has 0 spiro atoms. The Hall–Kier alpha value is -2.51. The molecule has 0 N–H and O–H groups in total. The minimum atomic E-state index is -4.78. The van der Waals surface area contributed by atoms with Crippen molar-refractivity contribution >= 4 is 5.91 Å². The smallest absolute Gasteiger partial charge is 0.405 e. The Morgan fingerprint density at radius 3 is 2.48 bits per heavy atom. The van der Waals surface area contributed by atoms with Crippen LogP contribution in [0.25, 0.3) is 0 Å². The van der Waals surface area contributed by atoms with Crippen molar-refractivity contribution in [1.82, 2.24) is 14.7 Å². The molecule has 1 amide bonds. The van der Waals surface area contributed by atoms with Gasteiger partial charge in [0.2, 0.25) is 5.91 Å². The average Bonchev–Trinajstić information content (AvgIpc) is 2.74. The molecule has 1 heterocycles. The number of nitrogens with zero attached hydrogens (tertiary/aromatic N) is 3. The quantitative estimate of drug-likeness (QED) is 0.828. The molecular weight excluding hydrogens is 335 g/mol. The number of carbonyl (C=O) groups is 1. The van der Waals surface area contributed by atoms with Gasteiger partial charge in [0.05, 0.1) is 12.1 Å². The van der Waals surface area contributed by atoms with E-state index < -0.39 is 6.36 Å².